The van der Waals surface area contributed by atoms with Gasteiger partial charge in [-0.15, -0.1) is 11.3 Å². The Morgan fingerprint density at radius 2 is 1.85 bits per heavy atom. The van der Waals surface area contributed by atoms with Gasteiger partial charge in [0.1, 0.15) is 16.7 Å². The van der Waals surface area contributed by atoms with E-state index in [0.717, 1.165) is 50.0 Å². The van der Waals surface area contributed by atoms with E-state index in [1.807, 2.05) is 17.9 Å². The summed E-state index contributed by atoms with van der Waals surface area (Å²) in [7, 11) is 1.73. The molecule has 1 aromatic carbocycles. The Bertz CT molecular complexity index is 1470. The van der Waals surface area contributed by atoms with Crippen molar-refractivity contribution in [2.75, 3.05) is 18.9 Å². The van der Waals surface area contributed by atoms with Gasteiger partial charge in [-0.25, -0.2) is 4.98 Å². The van der Waals surface area contributed by atoms with Gasteiger partial charge in [-0.2, -0.15) is 0 Å². The number of anilines is 1. The van der Waals surface area contributed by atoms with Crippen molar-refractivity contribution in [1.29, 1.82) is 0 Å². The summed E-state index contributed by atoms with van der Waals surface area (Å²) in [5, 5.41) is 21.6. The molecule has 2 heterocycles. The van der Waals surface area contributed by atoms with Crippen LogP contribution in [0, 0.1) is 11.3 Å². The molecule has 10 nitrogen and oxygen atoms in total. The largest absolute Gasteiger partial charge is 0.389 e. The number of benzene rings is 1. The average molecular weight is 664 g/mol. The molecule has 5 atom stereocenters. The highest BCUT2D eigenvalue weighted by Gasteiger charge is 2.40. The fourth-order valence-electron chi connectivity index (χ4n) is 7.01. The fraction of sp³-hybridized carbons (Fsp3) is 0.583. The first-order chi connectivity index (χ1) is 22.6. The predicted octanol–water partition coefficient (Wildman–Crippen LogP) is 5.15. The van der Waals surface area contributed by atoms with Gasteiger partial charge >= 0.3 is 0 Å². The third-order valence-electron chi connectivity index (χ3n) is 10.2. The molecule has 2 aliphatic carbocycles. The number of carbonyl (C=O) groups excluding carboxylic acids is 4. The number of nitrogens with zero attached hydrogens (tertiary/aromatic N) is 2. The molecule has 0 spiro atoms. The molecular weight excluding hydrogens is 614 g/mol. The second-order valence-electron chi connectivity index (χ2n) is 13.7. The third kappa shape index (κ3) is 8.36. The van der Waals surface area contributed by atoms with Crippen molar-refractivity contribution in [1.82, 2.24) is 20.5 Å². The number of likely N-dealkylation sites (N-methyl/N-ethyl adjacent to an activating group) is 1. The van der Waals surface area contributed by atoms with E-state index in [4.69, 9.17) is 4.98 Å². The first-order valence-electron chi connectivity index (χ1n) is 17.1. The minimum Gasteiger partial charge on any atom is -0.389 e. The molecule has 3 aliphatic rings. The van der Waals surface area contributed by atoms with E-state index in [1.165, 1.54) is 11.3 Å². The maximum Gasteiger partial charge on any atom is 0.246 e. The maximum atomic E-state index is 14.1. The summed E-state index contributed by atoms with van der Waals surface area (Å²) >= 11 is 1.38. The average Bonchev–Trinajstić information content (AvgIpc) is 3.77. The van der Waals surface area contributed by atoms with Crippen molar-refractivity contribution in [2.45, 2.75) is 109 Å². The summed E-state index contributed by atoms with van der Waals surface area (Å²) < 4.78 is 0. The van der Waals surface area contributed by atoms with Gasteiger partial charge in [0.15, 0.2) is 0 Å². The molecule has 0 bridgehead atoms. The number of thiazole rings is 1. The van der Waals surface area contributed by atoms with E-state index in [9.17, 15) is 24.3 Å². The molecule has 4 N–H and O–H groups in total. The van der Waals surface area contributed by atoms with Gasteiger partial charge in [-0.1, -0.05) is 50.5 Å². The van der Waals surface area contributed by atoms with Crippen molar-refractivity contribution < 1.29 is 24.3 Å². The second kappa shape index (κ2) is 15.7. The quantitative estimate of drug-likeness (QED) is 0.204. The van der Waals surface area contributed by atoms with E-state index >= 15 is 0 Å². The molecule has 2 fully saturated rings. The Kier molecular flexibility index (Phi) is 11.6. The van der Waals surface area contributed by atoms with Crippen molar-refractivity contribution in [3.05, 3.63) is 58.1 Å². The van der Waals surface area contributed by atoms with Crippen molar-refractivity contribution in [3.63, 3.8) is 0 Å². The number of carbonyl (C=O) groups is 4. The lowest BCUT2D eigenvalue weighted by Crippen LogP contribution is -2.55. The summed E-state index contributed by atoms with van der Waals surface area (Å²) in [6.07, 6.45) is 12.3. The summed E-state index contributed by atoms with van der Waals surface area (Å²) in [4.78, 5) is 60.5. The number of allylic oxidation sites excluding steroid dienone is 1. The van der Waals surface area contributed by atoms with Gasteiger partial charge in [-0.3, -0.25) is 19.2 Å². The zero-order chi connectivity index (χ0) is 33.6. The van der Waals surface area contributed by atoms with Gasteiger partial charge < -0.3 is 26.0 Å². The number of hydrogen-bond acceptors (Lipinski definition) is 8. The number of aliphatic hydroxyl groups is 1. The maximum absolute atomic E-state index is 14.1. The van der Waals surface area contributed by atoms with Crippen molar-refractivity contribution in [3.8, 4) is 0 Å². The van der Waals surface area contributed by atoms with Crippen LogP contribution < -0.4 is 16.0 Å². The number of likely N-dealkylation sites (tertiary alicyclic amines) is 1. The Hall–Kier alpha value is -3.41. The number of ketones is 1. The van der Waals surface area contributed by atoms with Crippen LogP contribution in [-0.4, -0.2) is 70.3 Å². The van der Waals surface area contributed by atoms with Crippen LogP contribution in [0.3, 0.4) is 0 Å². The highest BCUT2D eigenvalue weighted by molar-refractivity contribution is 7.10. The molecule has 5 rings (SSSR count). The Morgan fingerprint density at radius 3 is 2.62 bits per heavy atom. The van der Waals surface area contributed by atoms with E-state index in [2.05, 4.69) is 16.0 Å². The predicted molar refractivity (Wildman–Crippen MR) is 183 cm³/mol. The molecule has 1 saturated heterocycles. The van der Waals surface area contributed by atoms with Crippen LogP contribution in [0.25, 0.3) is 0 Å². The van der Waals surface area contributed by atoms with Gasteiger partial charge in [0.05, 0.1) is 18.2 Å². The topological polar surface area (TPSA) is 141 Å². The first kappa shape index (κ1) is 34.9. The number of nitrogens with one attached hydrogen (secondary N) is 3. The monoisotopic (exact) mass is 663 g/mol. The minimum absolute atomic E-state index is 0.0638. The highest BCUT2D eigenvalue weighted by atomic mass is 32.1. The molecule has 0 radical (unpaired) electrons. The van der Waals surface area contributed by atoms with E-state index < -0.39 is 23.6 Å². The number of hydrogen-bond donors (Lipinski definition) is 4. The standard InChI is InChI=1S/C36H49N5O5S/c1-23(37-3)32(44)40-30(24-11-5-4-6-12-24)34(45)41-20-10-16-29(41)33-39-28(22-47-33)31(43)25-13-9-14-26(21-25)38-35(46)36(2)18-8-7-15-27(42)17-19-36/h7,9,13-15,21-24,27,29-30,37,42H,4-6,8,10-12,16-20H2,1-3H3,(H,38,46)(H,40,44)/b15-7+/t23-,27-,29-,30-,36+/m0/s1. The molecule has 254 valence electrons. The first-order valence-corrected chi connectivity index (χ1v) is 18.0. The Labute approximate surface area is 281 Å². The van der Waals surface area contributed by atoms with E-state index in [1.54, 1.807) is 49.7 Å². The summed E-state index contributed by atoms with van der Waals surface area (Å²) in [6, 6.07) is 5.67. The van der Waals surface area contributed by atoms with Crippen molar-refractivity contribution in [2.24, 2.45) is 11.3 Å². The third-order valence-corrected chi connectivity index (χ3v) is 11.2. The second-order valence-corrected chi connectivity index (χ2v) is 14.5. The lowest BCUT2D eigenvalue weighted by molar-refractivity contribution is -0.139. The molecule has 3 amide bonds. The Morgan fingerprint density at radius 1 is 1.06 bits per heavy atom. The van der Waals surface area contributed by atoms with Gasteiger partial charge in [0.2, 0.25) is 23.5 Å². The van der Waals surface area contributed by atoms with Crippen molar-refractivity contribution >= 4 is 40.5 Å². The van der Waals surface area contributed by atoms with Crippen LogP contribution in [0.15, 0.2) is 41.8 Å². The molecule has 11 heteroatoms. The van der Waals surface area contributed by atoms with Gasteiger partial charge in [0, 0.05) is 28.6 Å². The number of aliphatic hydroxyl groups excluding tert-OH is 1. The zero-order valence-corrected chi connectivity index (χ0v) is 28.6. The molecule has 1 saturated carbocycles. The lowest BCUT2D eigenvalue weighted by Gasteiger charge is -2.35. The summed E-state index contributed by atoms with van der Waals surface area (Å²) in [6.45, 7) is 4.30. The molecule has 47 heavy (non-hydrogen) atoms. The lowest BCUT2D eigenvalue weighted by atomic mass is 9.78. The number of rotatable bonds is 10. The summed E-state index contributed by atoms with van der Waals surface area (Å²) in [5.41, 5.74) is 0.621. The molecular formula is C36H49N5O5S. The Balaban J connectivity index is 1.28. The number of amides is 3. The normalized spacial score (nSPS) is 25.7. The molecule has 1 aromatic heterocycles. The molecule has 0 unspecified atom stereocenters. The van der Waals surface area contributed by atoms with E-state index in [0.29, 0.717) is 49.2 Å². The van der Waals surface area contributed by atoms with Gasteiger partial charge in [0.25, 0.3) is 0 Å². The molecule has 1 aliphatic heterocycles. The molecule has 2 aromatic rings. The smallest absolute Gasteiger partial charge is 0.246 e. The van der Waals surface area contributed by atoms with Crippen LogP contribution in [0.2, 0.25) is 0 Å². The van der Waals surface area contributed by atoms with Crippen LogP contribution in [-0.2, 0) is 14.4 Å². The SMILES string of the molecule is CN[C@@H](C)C(=O)N[C@H](C(=O)N1CCC[C@H]1c1nc(C(=O)c2cccc(NC(=O)[C@]3(C)CC/C=C/[C@H](O)CC3)c2)cs1)C1CCCCC1. The highest BCUT2D eigenvalue weighted by Crippen LogP contribution is 2.37. The number of aromatic nitrogens is 1. The van der Waals surface area contributed by atoms with Crippen LogP contribution in [0.4, 0.5) is 5.69 Å². The minimum atomic E-state index is -0.635. The summed E-state index contributed by atoms with van der Waals surface area (Å²) in [5.74, 6) is -0.522. The van der Waals surface area contributed by atoms with Crippen LogP contribution in [0.5, 0.6) is 0 Å². The fourth-order valence-corrected chi connectivity index (χ4v) is 7.95. The van der Waals surface area contributed by atoms with Crippen LogP contribution in [0.1, 0.15) is 112 Å². The van der Waals surface area contributed by atoms with Gasteiger partial charge in [-0.05, 0) is 83.4 Å². The zero-order valence-electron chi connectivity index (χ0n) is 27.8. The van der Waals surface area contributed by atoms with E-state index in [-0.39, 0.29) is 35.5 Å². The van der Waals surface area contributed by atoms with Crippen LogP contribution >= 0.6 is 11.3 Å².